The molecule has 3 aromatic rings. The number of carbonyl (C=O) groups is 2. The number of allylic oxidation sites excluding steroid dienone is 1. The first kappa shape index (κ1) is 19.2. The monoisotopic (exact) mass is 406 g/mol. The molecule has 4 nitrogen and oxygen atoms in total. The van der Waals surface area contributed by atoms with E-state index in [4.69, 9.17) is 0 Å². The Hall–Kier alpha value is -3.79. The standard InChI is InChI=1S/C27H22N2O2/c30-26-16-20-11-5-4-10-19(20)14-25(26)29-27(31)23-13-7-6-12-22(23)24-15-21(17-28-24)18-8-2-1-3-9-18/h1-13,15,25H,14,16-17H2,(H,29,31)/t25-/m0/s1. The highest BCUT2D eigenvalue weighted by molar-refractivity contribution is 6.19. The summed E-state index contributed by atoms with van der Waals surface area (Å²) in [6, 6.07) is 25.0. The number of Topliss-reactive ketones (excluding diaryl/α,β-unsaturated/α-hetero) is 1. The molecule has 0 bridgehead atoms. The average Bonchev–Trinajstić information content (AvgIpc) is 3.30. The van der Waals surface area contributed by atoms with Gasteiger partial charge in [0.1, 0.15) is 0 Å². The van der Waals surface area contributed by atoms with E-state index in [0.29, 0.717) is 24.9 Å². The van der Waals surface area contributed by atoms with Crippen molar-refractivity contribution in [2.75, 3.05) is 6.54 Å². The Morgan fingerprint density at radius 2 is 1.58 bits per heavy atom. The molecule has 1 N–H and O–H groups in total. The minimum absolute atomic E-state index is 0.0500. The van der Waals surface area contributed by atoms with Crippen LogP contribution in [-0.4, -0.2) is 30.0 Å². The molecule has 1 heterocycles. The SMILES string of the molecule is O=C(N[C@H]1Cc2ccccc2CC1=O)c1ccccc1C1=NCC(c2ccccc2)=C1. The molecule has 31 heavy (non-hydrogen) atoms. The fourth-order valence-electron chi connectivity index (χ4n) is 4.26. The molecule has 2 aliphatic rings. The van der Waals surface area contributed by atoms with Gasteiger partial charge in [0.05, 0.1) is 18.3 Å². The summed E-state index contributed by atoms with van der Waals surface area (Å²) in [5.74, 6) is -0.188. The first-order valence-electron chi connectivity index (χ1n) is 10.5. The molecular weight excluding hydrogens is 384 g/mol. The number of amides is 1. The van der Waals surface area contributed by atoms with Crippen molar-refractivity contribution in [3.8, 4) is 0 Å². The zero-order chi connectivity index (χ0) is 21.2. The lowest BCUT2D eigenvalue weighted by molar-refractivity contribution is -0.120. The Labute approximate surface area is 181 Å². The highest BCUT2D eigenvalue weighted by Crippen LogP contribution is 2.24. The Morgan fingerprint density at radius 3 is 2.42 bits per heavy atom. The van der Waals surface area contributed by atoms with Crippen molar-refractivity contribution < 1.29 is 9.59 Å². The van der Waals surface area contributed by atoms with Crippen LogP contribution in [0, 0.1) is 0 Å². The molecule has 0 saturated heterocycles. The van der Waals surface area contributed by atoms with Crippen molar-refractivity contribution >= 4 is 23.0 Å². The number of ketones is 1. The van der Waals surface area contributed by atoms with E-state index in [9.17, 15) is 9.59 Å². The molecule has 5 rings (SSSR count). The summed E-state index contributed by atoms with van der Waals surface area (Å²) in [6.07, 6.45) is 2.93. The van der Waals surface area contributed by atoms with Gasteiger partial charge in [-0.2, -0.15) is 0 Å². The van der Waals surface area contributed by atoms with Gasteiger partial charge in [-0.15, -0.1) is 0 Å². The van der Waals surface area contributed by atoms with E-state index in [1.54, 1.807) is 6.07 Å². The Bertz CT molecular complexity index is 1220. The van der Waals surface area contributed by atoms with Crippen molar-refractivity contribution in [3.63, 3.8) is 0 Å². The third kappa shape index (κ3) is 3.84. The third-order valence-corrected chi connectivity index (χ3v) is 5.92. The normalized spacial score (nSPS) is 17.5. The second-order valence-electron chi connectivity index (χ2n) is 7.92. The zero-order valence-electron chi connectivity index (χ0n) is 17.0. The Kier molecular flexibility index (Phi) is 5.04. The molecular formula is C27H22N2O2. The molecule has 0 aromatic heterocycles. The predicted octanol–water partition coefficient (Wildman–Crippen LogP) is 4.04. The van der Waals surface area contributed by atoms with Gasteiger partial charge in [0.2, 0.25) is 0 Å². The smallest absolute Gasteiger partial charge is 0.252 e. The first-order valence-corrected chi connectivity index (χ1v) is 10.5. The van der Waals surface area contributed by atoms with Gasteiger partial charge < -0.3 is 5.32 Å². The first-order chi connectivity index (χ1) is 15.2. The number of carbonyl (C=O) groups excluding carboxylic acids is 2. The molecule has 1 aliphatic heterocycles. The number of hydrogen-bond acceptors (Lipinski definition) is 3. The minimum Gasteiger partial charge on any atom is -0.342 e. The van der Waals surface area contributed by atoms with Crippen LogP contribution >= 0.6 is 0 Å². The predicted molar refractivity (Wildman–Crippen MR) is 122 cm³/mol. The lowest BCUT2D eigenvalue weighted by atomic mass is 9.87. The summed E-state index contributed by atoms with van der Waals surface area (Å²) in [7, 11) is 0. The van der Waals surface area contributed by atoms with Crippen molar-refractivity contribution in [1.82, 2.24) is 5.32 Å². The molecule has 1 atom stereocenters. The number of rotatable bonds is 4. The fourth-order valence-corrected chi connectivity index (χ4v) is 4.26. The fraction of sp³-hybridized carbons (Fsp3) is 0.148. The van der Waals surface area contributed by atoms with Gasteiger partial charge in [0, 0.05) is 24.0 Å². The summed E-state index contributed by atoms with van der Waals surface area (Å²) >= 11 is 0. The molecule has 1 aliphatic carbocycles. The highest BCUT2D eigenvalue weighted by Gasteiger charge is 2.28. The lowest BCUT2D eigenvalue weighted by Crippen LogP contribution is -2.45. The molecule has 0 fully saturated rings. The van der Waals surface area contributed by atoms with Crippen LogP contribution in [0.4, 0.5) is 0 Å². The van der Waals surface area contributed by atoms with E-state index < -0.39 is 6.04 Å². The van der Waals surface area contributed by atoms with Gasteiger partial charge in [-0.25, -0.2) is 0 Å². The average molecular weight is 406 g/mol. The van der Waals surface area contributed by atoms with Crippen molar-refractivity contribution in [2.24, 2.45) is 4.99 Å². The van der Waals surface area contributed by atoms with Crippen LogP contribution in [0.2, 0.25) is 0 Å². The van der Waals surface area contributed by atoms with Crippen LogP contribution < -0.4 is 5.32 Å². The molecule has 0 saturated carbocycles. The third-order valence-electron chi connectivity index (χ3n) is 5.92. The maximum absolute atomic E-state index is 13.2. The molecule has 0 radical (unpaired) electrons. The van der Waals surface area contributed by atoms with Crippen molar-refractivity contribution in [3.05, 3.63) is 113 Å². The second-order valence-corrected chi connectivity index (χ2v) is 7.92. The van der Waals surface area contributed by atoms with Crippen LogP contribution in [0.25, 0.3) is 5.57 Å². The van der Waals surface area contributed by atoms with Crippen LogP contribution in [-0.2, 0) is 17.6 Å². The minimum atomic E-state index is -0.503. The molecule has 0 unspecified atom stereocenters. The summed E-state index contributed by atoms with van der Waals surface area (Å²) < 4.78 is 0. The summed E-state index contributed by atoms with van der Waals surface area (Å²) in [4.78, 5) is 30.5. The number of benzene rings is 3. The van der Waals surface area contributed by atoms with E-state index in [1.165, 1.54) is 0 Å². The number of aliphatic imine (C=N–C) groups is 1. The lowest BCUT2D eigenvalue weighted by Gasteiger charge is -2.24. The van der Waals surface area contributed by atoms with E-state index in [0.717, 1.165) is 33.5 Å². The van der Waals surface area contributed by atoms with E-state index in [-0.39, 0.29) is 11.7 Å². The van der Waals surface area contributed by atoms with Gasteiger partial charge in [-0.1, -0.05) is 72.8 Å². The summed E-state index contributed by atoms with van der Waals surface area (Å²) in [5.41, 5.74) is 6.56. The zero-order valence-corrected chi connectivity index (χ0v) is 17.0. The number of nitrogens with zero attached hydrogens (tertiary/aromatic N) is 1. The quantitative estimate of drug-likeness (QED) is 0.711. The van der Waals surface area contributed by atoms with Crippen LogP contribution in [0.3, 0.4) is 0 Å². The van der Waals surface area contributed by atoms with Gasteiger partial charge in [-0.05, 0) is 34.4 Å². The van der Waals surface area contributed by atoms with Crippen molar-refractivity contribution in [2.45, 2.75) is 18.9 Å². The molecule has 152 valence electrons. The van der Waals surface area contributed by atoms with Crippen molar-refractivity contribution in [1.29, 1.82) is 0 Å². The number of hydrogen-bond donors (Lipinski definition) is 1. The van der Waals surface area contributed by atoms with Crippen LogP contribution in [0.1, 0.15) is 32.6 Å². The van der Waals surface area contributed by atoms with Gasteiger partial charge in [0.25, 0.3) is 5.91 Å². The Morgan fingerprint density at radius 1 is 0.871 bits per heavy atom. The van der Waals surface area contributed by atoms with E-state index >= 15 is 0 Å². The van der Waals surface area contributed by atoms with Crippen LogP contribution in [0.5, 0.6) is 0 Å². The van der Waals surface area contributed by atoms with Gasteiger partial charge in [0.15, 0.2) is 5.78 Å². The van der Waals surface area contributed by atoms with Crippen LogP contribution in [0.15, 0.2) is 89.9 Å². The van der Waals surface area contributed by atoms with E-state index in [2.05, 4.69) is 22.4 Å². The highest BCUT2D eigenvalue weighted by atomic mass is 16.2. The molecule has 4 heteroatoms. The largest absolute Gasteiger partial charge is 0.342 e. The maximum Gasteiger partial charge on any atom is 0.252 e. The van der Waals surface area contributed by atoms with E-state index in [1.807, 2.05) is 66.7 Å². The molecule has 3 aromatic carbocycles. The Balaban J connectivity index is 1.38. The number of nitrogens with one attached hydrogen (secondary N) is 1. The summed E-state index contributed by atoms with van der Waals surface area (Å²) in [5, 5.41) is 2.97. The molecule has 0 spiro atoms. The second kappa shape index (κ2) is 8.15. The van der Waals surface area contributed by atoms with Gasteiger partial charge >= 0.3 is 0 Å². The summed E-state index contributed by atoms with van der Waals surface area (Å²) in [6.45, 7) is 0.590. The maximum atomic E-state index is 13.2. The topological polar surface area (TPSA) is 58.5 Å². The van der Waals surface area contributed by atoms with Gasteiger partial charge in [-0.3, -0.25) is 14.6 Å². The number of fused-ring (bicyclic) bond motifs is 1. The molecule has 1 amide bonds.